The molecule has 1 heterocycles. The molecule has 0 bridgehead atoms. The number of amides is 1. The summed E-state index contributed by atoms with van der Waals surface area (Å²) in [5, 5.41) is 2.52. The molecular formula is C27H30N2O5. The van der Waals surface area contributed by atoms with E-state index in [4.69, 9.17) is 9.47 Å². The van der Waals surface area contributed by atoms with Gasteiger partial charge in [0.15, 0.2) is 6.61 Å². The lowest BCUT2D eigenvalue weighted by Gasteiger charge is -2.10. The molecule has 0 aliphatic carbocycles. The number of aryl methyl sites for hydroxylation is 3. The average molecular weight is 463 g/mol. The van der Waals surface area contributed by atoms with E-state index in [1.54, 1.807) is 25.3 Å². The lowest BCUT2D eigenvalue weighted by Crippen LogP contribution is -2.31. The number of hydrogen-bond acceptors (Lipinski definition) is 5. The molecule has 1 N–H and O–H groups in total. The normalized spacial score (nSPS) is 10.6. The summed E-state index contributed by atoms with van der Waals surface area (Å²) in [5.74, 6) is -0.494. The summed E-state index contributed by atoms with van der Waals surface area (Å²) < 4.78 is 12.4. The Hall–Kier alpha value is -3.87. The third-order valence-electron chi connectivity index (χ3n) is 5.69. The van der Waals surface area contributed by atoms with Crippen LogP contribution in [0.5, 0.6) is 5.75 Å². The number of ketones is 1. The van der Waals surface area contributed by atoms with E-state index in [-0.39, 0.29) is 24.8 Å². The maximum absolute atomic E-state index is 12.7. The SMILES string of the molecule is COc1ccc(CCn2c(C)cc(C(=O)COC(=O)CNC(=O)c3cccc(C)c3)c2C)cc1. The van der Waals surface area contributed by atoms with E-state index in [1.165, 1.54) is 5.56 Å². The van der Waals surface area contributed by atoms with Gasteiger partial charge in [-0.15, -0.1) is 0 Å². The number of carbonyl (C=O) groups is 3. The molecule has 2 aromatic carbocycles. The Morgan fingerprint density at radius 3 is 2.38 bits per heavy atom. The van der Waals surface area contributed by atoms with E-state index in [1.807, 2.05) is 57.2 Å². The molecule has 7 heteroatoms. The van der Waals surface area contributed by atoms with Gasteiger partial charge in [-0.1, -0.05) is 29.8 Å². The van der Waals surface area contributed by atoms with Gasteiger partial charge in [-0.2, -0.15) is 0 Å². The van der Waals surface area contributed by atoms with Crippen LogP contribution in [0.2, 0.25) is 0 Å². The molecule has 0 aliphatic heterocycles. The fourth-order valence-corrected chi connectivity index (χ4v) is 3.78. The highest BCUT2D eigenvalue weighted by Crippen LogP contribution is 2.18. The van der Waals surface area contributed by atoms with E-state index < -0.39 is 5.97 Å². The largest absolute Gasteiger partial charge is 0.497 e. The van der Waals surface area contributed by atoms with Crippen LogP contribution in [-0.4, -0.2) is 42.5 Å². The highest BCUT2D eigenvalue weighted by molar-refractivity contribution is 6.00. The van der Waals surface area contributed by atoms with Gasteiger partial charge in [0.1, 0.15) is 12.3 Å². The van der Waals surface area contributed by atoms with Crippen molar-refractivity contribution in [3.63, 3.8) is 0 Å². The van der Waals surface area contributed by atoms with Crippen molar-refractivity contribution < 1.29 is 23.9 Å². The standard InChI is InChI=1S/C27H30N2O5/c1-18-6-5-7-22(14-18)27(32)28-16-26(31)34-17-25(30)24-15-19(2)29(20(24)3)13-12-21-8-10-23(33-4)11-9-21/h5-11,14-15H,12-13,16-17H2,1-4H3,(H,28,32). The van der Waals surface area contributed by atoms with Crippen molar-refractivity contribution >= 4 is 17.7 Å². The highest BCUT2D eigenvalue weighted by Gasteiger charge is 2.18. The lowest BCUT2D eigenvalue weighted by atomic mass is 10.1. The third kappa shape index (κ3) is 6.34. The number of esters is 1. The minimum atomic E-state index is -0.664. The third-order valence-corrected chi connectivity index (χ3v) is 5.69. The van der Waals surface area contributed by atoms with E-state index in [9.17, 15) is 14.4 Å². The molecule has 0 fully saturated rings. The highest BCUT2D eigenvalue weighted by atomic mass is 16.5. The fraction of sp³-hybridized carbons (Fsp3) is 0.296. The number of benzene rings is 2. The molecule has 0 aliphatic rings. The monoisotopic (exact) mass is 462 g/mol. The summed E-state index contributed by atoms with van der Waals surface area (Å²) >= 11 is 0. The minimum Gasteiger partial charge on any atom is -0.497 e. The zero-order valence-electron chi connectivity index (χ0n) is 20.0. The number of carbonyl (C=O) groups excluding carboxylic acids is 3. The van der Waals surface area contributed by atoms with Crippen molar-refractivity contribution in [1.82, 2.24) is 9.88 Å². The molecule has 3 aromatic rings. The minimum absolute atomic E-state index is 0.276. The second-order valence-electron chi connectivity index (χ2n) is 8.17. The Labute approximate surface area is 199 Å². The number of rotatable bonds is 10. The van der Waals surface area contributed by atoms with Crippen molar-refractivity contribution in [2.75, 3.05) is 20.3 Å². The fourth-order valence-electron chi connectivity index (χ4n) is 3.78. The van der Waals surface area contributed by atoms with Crippen molar-refractivity contribution in [1.29, 1.82) is 0 Å². The number of methoxy groups -OCH3 is 1. The number of nitrogens with one attached hydrogen (secondary N) is 1. The molecule has 0 unspecified atom stereocenters. The first-order chi connectivity index (χ1) is 16.3. The van der Waals surface area contributed by atoms with E-state index in [0.29, 0.717) is 11.1 Å². The first-order valence-corrected chi connectivity index (χ1v) is 11.1. The molecule has 0 radical (unpaired) electrons. The molecule has 3 rings (SSSR count). The van der Waals surface area contributed by atoms with E-state index >= 15 is 0 Å². The number of aromatic nitrogens is 1. The first-order valence-electron chi connectivity index (χ1n) is 11.1. The summed E-state index contributed by atoms with van der Waals surface area (Å²) in [4.78, 5) is 36.9. The van der Waals surface area contributed by atoms with Gasteiger partial charge in [-0.3, -0.25) is 14.4 Å². The molecular weight excluding hydrogens is 432 g/mol. The number of ether oxygens (including phenoxy) is 2. The second kappa shape index (κ2) is 11.3. The summed E-state index contributed by atoms with van der Waals surface area (Å²) in [6.07, 6.45) is 0.809. The van der Waals surface area contributed by atoms with Crippen LogP contribution in [0.15, 0.2) is 54.6 Å². The summed E-state index contributed by atoms with van der Waals surface area (Å²) in [6.45, 7) is 5.76. The maximum Gasteiger partial charge on any atom is 0.325 e. The molecule has 1 amide bonds. The Bertz CT molecular complexity index is 1180. The maximum atomic E-state index is 12.7. The molecule has 34 heavy (non-hydrogen) atoms. The van der Waals surface area contributed by atoms with Gasteiger partial charge in [-0.25, -0.2) is 0 Å². The first kappa shape index (κ1) is 24.8. The number of hydrogen-bond donors (Lipinski definition) is 1. The molecule has 0 saturated carbocycles. The van der Waals surface area contributed by atoms with E-state index in [2.05, 4.69) is 9.88 Å². The average Bonchev–Trinajstić information content (AvgIpc) is 3.13. The summed E-state index contributed by atoms with van der Waals surface area (Å²) in [6, 6.07) is 16.8. The van der Waals surface area contributed by atoms with Crippen LogP contribution in [0.1, 0.15) is 43.2 Å². The number of nitrogens with zero attached hydrogens (tertiary/aromatic N) is 1. The van der Waals surface area contributed by atoms with Gasteiger partial charge in [0.2, 0.25) is 5.78 Å². The zero-order chi connectivity index (χ0) is 24.7. The van der Waals surface area contributed by atoms with Gasteiger partial charge in [0.25, 0.3) is 5.91 Å². The van der Waals surface area contributed by atoms with Crippen LogP contribution in [0.4, 0.5) is 0 Å². The Balaban J connectivity index is 1.51. The Morgan fingerprint density at radius 2 is 1.71 bits per heavy atom. The summed E-state index contributed by atoms with van der Waals surface area (Å²) in [5.41, 5.74) is 4.91. The van der Waals surface area contributed by atoms with Gasteiger partial charge in [-0.05, 0) is 63.1 Å². The topological polar surface area (TPSA) is 86.6 Å². The predicted octanol–water partition coefficient (Wildman–Crippen LogP) is 3.82. The lowest BCUT2D eigenvalue weighted by molar-refractivity contribution is -0.141. The van der Waals surface area contributed by atoms with Crippen LogP contribution >= 0.6 is 0 Å². The van der Waals surface area contributed by atoms with Crippen LogP contribution in [0.3, 0.4) is 0 Å². The van der Waals surface area contributed by atoms with Gasteiger partial charge >= 0.3 is 5.97 Å². The molecule has 7 nitrogen and oxygen atoms in total. The smallest absolute Gasteiger partial charge is 0.325 e. The van der Waals surface area contributed by atoms with Crippen LogP contribution in [0, 0.1) is 20.8 Å². The van der Waals surface area contributed by atoms with Gasteiger partial charge in [0.05, 0.1) is 7.11 Å². The Kier molecular flexibility index (Phi) is 8.24. The van der Waals surface area contributed by atoms with Crippen molar-refractivity contribution in [3.05, 3.63) is 88.2 Å². The summed E-state index contributed by atoms with van der Waals surface area (Å²) in [7, 11) is 1.64. The predicted molar refractivity (Wildman–Crippen MR) is 129 cm³/mol. The molecule has 0 atom stereocenters. The number of Topliss-reactive ketones (excluding diaryl/α,β-unsaturated/α-hetero) is 1. The van der Waals surface area contributed by atoms with Gasteiger partial charge < -0.3 is 19.4 Å². The molecule has 0 saturated heterocycles. The van der Waals surface area contributed by atoms with Crippen LogP contribution in [0.25, 0.3) is 0 Å². The van der Waals surface area contributed by atoms with Crippen molar-refractivity contribution in [2.45, 2.75) is 33.7 Å². The second-order valence-corrected chi connectivity index (χ2v) is 8.17. The van der Waals surface area contributed by atoms with E-state index in [0.717, 1.165) is 35.7 Å². The molecule has 0 spiro atoms. The Morgan fingerprint density at radius 1 is 0.971 bits per heavy atom. The molecule has 178 valence electrons. The quantitative estimate of drug-likeness (QED) is 0.366. The van der Waals surface area contributed by atoms with Crippen molar-refractivity contribution in [2.24, 2.45) is 0 Å². The van der Waals surface area contributed by atoms with Crippen molar-refractivity contribution in [3.8, 4) is 5.75 Å². The zero-order valence-corrected chi connectivity index (χ0v) is 20.0. The molecule has 1 aromatic heterocycles. The van der Waals surface area contributed by atoms with Gasteiger partial charge in [0, 0.05) is 29.1 Å². The van der Waals surface area contributed by atoms with Crippen LogP contribution < -0.4 is 10.1 Å². The van der Waals surface area contributed by atoms with Crippen LogP contribution in [-0.2, 0) is 22.5 Å².